The molecule has 0 fully saturated rings. The van der Waals surface area contributed by atoms with Crippen LogP contribution in [0, 0.1) is 0 Å². The lowest BCUT2D eigenvalue weighted by Gasteiger charge is -2.05. The van der Waals surface area contributed by atoms with E-state index < -0.39 is 18.5 Å². The van der Waals surface area contributed by atoms with Gasteiger partial charge in [0.25, 0.3) is 0 Å². The minimum Gasteiger partial charge on any atom is -0.287 e. The highest BCUT2D eigenvalue weighted by Gasteiger charge is 2.28. The zero-order valence-electron chi connectivity index (χ0n) is 9.05. The van der Waals surface area contributed by atoms with Gasteiger partial charge in [-0.25, -0.2) is 0 Å². The Hall–Kier alpha value is -2.18. The highest BCUT2D eigenvalue weighted by Crippen LogP contribution is 2.17. The molecule has 0 bridgehead atoms. The van der Waals surface area contributed by atoms with Crippen LogP contribution >= 0.6 is 0 Å². The van der Waals surface area contributed by atoms with Crippen LogP contribution in [0.1, 0.15) is 16.1 Å². The molecule has 94 valence electrons. The van der Waals surface area contributed by atoms with Gasteiger partial charge in [-0.1, -0.05) is 0 Å². The smallest absolute Gasteiger partial charge is 0.287 e. The van der Waals surface area contributed by atoms with Gasteiger partial charge in [0.2, 0.25) is 5.78 Å². The van der Waals surface area contributed by atoms with Gasteiger partial charge in [-0.3, -0.25) is 14.5 Å². The van der Waals surface area contributed by atoms with Crippen LogP contribution in [0.5, 0.6) is 0 Å². The summed E-state index contributed by atoms with van der Waals surface area (Å²) in [5.41, 5.74) is 0.313. The quantitative estimate of drug-likeness (QED) is 0.789. The van der Waals surface area contributed by atoms with Crippen molar-refractivity contribution in [1.29, 1.82) is 0 Å². The first-order valence-electron chi connectivity index (χ1n) is 5.01. The van der Waals surface area contributed by atoms with Crippen molar-refractivity contribution >= 4 is 5.78 Å². The van der Waals surface area contributed by atoms with E-state index in [1.165, 1.54) is 30.6 Å². The van der Waals surface area contributed by atoms with Crippen molar-refractivity contribution in [3.8, 4) is 0 Å². The highest BCUT2D eigenvalue weighted by atomic mass is 19.4. The normalized spacial score (nSPS) is 11.5. The van der Waals surface area contributed by atoms with Crippen molar-refractivity contribution in [3.05, 3.63) is 48.0 Å². The summed E-state index contributed by atoms with van der Waals surface area (Å²) in [6.07, 6.45) is -0.370. The maximum atomic E-state index is 12.1. The molecule has 2 heterocycles. The van der Waals surface area contributed by atoms with Crippen molar-refractivity contribution in [2.75, 3.05) is 0 Å². The van der Waals surface area contributed by atoms with Crippen LogP contribution in [0.25, 0.3) is 0 Å². The molecule has 0 radical (unpaired) electrons. The zero-order chi connectivity index (χ0) is 13.2. The summed E-state index contributed by atoms with van der Waals surface area (Å²) in [5.74, 6) is -0.432. The van der Waals surface area contributed by atoms with Gasteiger partial charge in [-0.05, 0) is 18.2 Å². The third kappa shape index (κ3) is 2.93. The Bertz CT molecular complexity index is 548. The summed E-state index contributed by atoms with van der Waals surface area (Å²) in [6, 6.07) is 4.21. The molecular weight excluding hydrogens is 247 g/mol. The molecule has 7 heteroatoms. The maximum absolute atomic E-state index is 12.1. The number of hydrogen-bond acceptors (Lipinski definition) is 3. The number of rotatable bonds is 3. The number of ketones is 1. The highest BCUT2D eigenvalue weighted by molar-refractivity contribution is 6.07. The fourth-order valence-electron chi connectivity index (χ4n) is 1.41. The average molecular weight is 255 g/mol. The van der Waals surface area contributed by atoms with Gasteiger partial charge in [-0.15, -0.1) is 0 Å². The summed E-state index contributed by atoms with van der Waals surface area (Å²) < 4.78 is 37.1. The first-order chi connectivity index (χ1) is 8.46. The third-order valence-electron chi connectivity index (χ3n) is 2.16. The van der Waals surface area contributed by atoms with Gasteiger partial charge < -0.3 is 0 Å². The molecule has 4 nitrogen and oxygen atoms in total. The molecule has 0 unspecified atom stereocenters. The van der Waals surface area contributed by atoms with Gasteiger partial charge in [-0.2, -0.15) is 18.3 Å². The lowest BCUT2D eigenvalue weighted by molar-refractivity contribution is -0.142. The topological polar surface area (TPSA) is 47.8 Å². The number of nitrogens with zero attached hydrogens (tertiary/aromatic N) is 3. The minimum absolute atomic E-state index is 0.0227. The van der Waals surface area contributed by atoms with E-state index in [1.54, 1.807) is 0 Å². The Kier molecular flexibility index (Phi) is 3.14. The lowest BCUT2D eigenvalue weighted by atomic mass is 10.1. The van der Waals surface area contributed by atoms with Crippen molar-refractivity contribution in [1.82, 2.24) is 14.8 Å². The Morgan fingerprint density at radius 1 is 1.22 bits per heavy atom. The van der Waals surface area contributed by atoms with E-state index in [0.29, 0.717) is 10.2 Å². The molecule has 2 aromatic rings. The summed E-state index contributed by atoms with van der Waals surface area (Å²) in [7, 11) is 0. The van der Waals surface area contributed by atoms with Crippen LogP contribution in [0.15, 0.2) is 36.8 Å². The number of halogens is 3. The van der Waals surface area contributed by atoms with Crippen molar-refractivity contribution in [2.24, 2.45) is 0 Å². The van der Waals surface area contributed by atoms with E-state index in [2.05, 4.69) is 10.1 Å². The van der Waals surface area contributed by atoms with E-state index >= 15 is 0 Å². The molecule has 2 rings (SSSR count). The standard InChI is InChI=1S/C11H8F3N3O/c12-11(13,14)7-17-6-3-9(16-17)10(18)8-1-4-15-5-2-8/h1-6H,7H2. The molecule has 0 aromatic carbocycles. The van der Waals surface area contributed by atoms with E-state index in [4.69, 9.17) is 0 Å². The molecule has 18 heavy (non-hydrogen) atoms. The minimum atomic E-state index is -4.36. The first-order valence-corrected chi connectivity index (χ1v) is 5.01. The molecule has 0 aliphatic heterocycles. The van der Waals surface area contributed by atoms with Crippen molar-refractivity contribution < 1.29 is 18.0 Å². The molecule has 0 spiro atoms. The Morgan fingerprint density at radius 3 is 2.50 bits per heavy atom. The molecule has 0 amide bonds. The predicted molar refractivity (Wildman–Crippen MR) is 56.0 cm³/mol. The fourth-order valence-corrected chi connectivity index (χ4v) is 1.41. The second kappa shape index (κ2) is 4.59. The number of carbonyl (C=O) groups excluding carboxylic acids is 1. The SMILES string of the molecule is O=C(c1ccncc1)c1ccn(CC(F)(F)F)n1. The summed E-state index contributed by atoms with van der Waals surface area (Å²) in [6.45, 7) is -1.21. The number of aromatic nitrogens is 3. The number of hydrogen-bond donors (Lipinski definition) is 0. The fraction of sp³-hybridized carbons (Fsp3) is 0.182. The monoisotopic (exact) mass is 255 g/mol. The third-order valence-corrected chi connectivity index (χ3v) is 2.16. The molecule has 2 aromatic heterocycles. The first kappa shape index (κ1) is 12.3. The Morgan fingerprint density at radius 2 is 1.89 bits per heavy atom. The Labute approximate surface area is 100 Å². The molecule has 0 atom stereocenters. The predicted octanol–water partition coefficient (Wildman–Crippen LogP) is 2.07. The summed E-state index contributed by atoms with van der Waals surface area (Å²) in [5, 5.41) is 3.60. The van der Waals surface area contributed by atoms with Gasteiger partial charge in [0.15, 0.2) is 0 Å². The van der Waals surface area contributed by atoms with Crippen LogP contribution in [0.4, 0.5) is 13.2 Å². The van der Waals surface area contributed by atoms with E-state index in [1.807, 2.05) is 0 Å². The molecule has 0 aliphatic rings. The zero-order valence-corrected chi connectivity index (χ0v) is 9.05. The Balaban J connectivity index is 2.18. The average Bonchev–Trinajstić information content (AvgIpc) is 2.75. The van der Waals surface area contributed by atoms with Crippen LogP contribution in [-0.4, -0.2) is 26.7 Å². The van der Waals surface area contributed by atoms with Crippen LogP contribution in [0.3, 0.4) is 0 Å². The summed E-state index contributed by atoms with van der Waals surface area (Å²) >= 11 is 0. The van der Waals surface area contributed by atoms with Gasteiger partial charge >= 0.3 is 6.18 Å². The second-order valence-electron chi connectivity index (χ2n) is 3.58. The van der Waals surface area contributed by atoms with Crippen molar-refractivity contribution in [2.45, 2.75) is 12.7 Å². The van der Waals surface area contributed by atoms with E-state index in [9.17, 15) is 18.0 Å². The number of pyridine rings is 1. The molecule has 0 saturated carbocycles. The van der Waals surface area contributed by atoms with Crippen LogP contribution in [-0.2, 0) is 6.54 Å². The summed E-state index contributed by atoms with van der Waals surface area (Å²) in [4.78, 5) is 15.6. The molecule has 0 aliphatic carbocycles. The van der Waals surface area contributed by atoms with Gasteiger partial charge in [0.1, 0.15) is 12.2 Å². The number of carbonyl (C=O) groups is 1. The van der Waals surface area contributed by atoms with Gasteiger partial charge in [0.05, 0.1) is 0 Å². The molecule has 0 N–H and O–H groups in total. The van der Waals surface area contributed by atoms with Gasteiger partial charge in [0, 0.05) is 24.2 Å². The number of alkyl halides is 3. The van der Waals surface area contributed by atoms with E-state index in [0.717, 1.165) is 6.20 Å². The molecular formula is C11H8F3N3O. The lowest BCUT2D eigenvalue weighted by Crippen LogP contribution is -2.18. The van der Waals surface area contributed by atoms with Crippen LogP contribution < -0.4 is 0 Å². The second-order valence-corrected chi connectivity index (χ2v) is 3.58. The van der Waals surface area contributed by atoms with Crippen LogP contribution in [0.2, 0.25) is 0 Å². The van der Waals surface area contributed by atoms with E-state index in [-0.39, 0.29) is 5.69 Å². The molecule has 0 saturated heterocycles. The largest absolute Gasteiger partial charge is 0.408 e. The maximum Gasteiger partial charge on any atom is 0.408 e. The van der Waals surface area contributed by atoms with Crippen molar-refractivity contribution in [3.63, 3.8) is 0 Å².